The van der Waals surface area contributed by atoms with Crippen molar-refractivity contribution in [3.05, 3.63) is 24.2 Å². The lowest BCUT2D eigenvalue weighted by molar-refractivity contribution is 0.418. The van der Waals surface area contributed by atoms with Crippen LogP contribution in [-0.4, -0.2) is 41.3 Å². The van der Waals surface area contributed by atoms with Crippen LogP contribution in [-0.2, 0) is 6.42 Å². The van der Waals surface area contributed by atoms with Crippen LogP contribution in [0.2, 0.25) is 0 Å². The van der Waals surface area contributed by atoms with Crippen LogP contribution in [0, 0.1) is 5.92 Å². The molecule has 1 aliphatic rings. The van der Waals surface area contributed by atoms with Crippen LogP contribution in [0.15, 0.2) is 22.9 Å². The lowest BCUT2D eigenvalue weighted by Gasteiger charge is -2.16. The van der Waals surface area contributed by atoms with Crippen molar-refractivity contribution in [1.29, 1.82) is 0 Å². The van der Waals surface area contributed by atoms with Crippen molar-refractivity contribution in [1.82, 2.24) is 20.4 Å². The number of nitrogens with zero attached hydrogens (tertiary/aromatic N) is 4. The van der Waals surface area contributed by atoms with Crippen LogP contribution in [0.5, 0.6) is 0 Å². The molecule has 1 aliphatic heterocycles. The first-order valence-corrected chi connectivity index (χ1v) is 7.87. The molecule has 1 fully saturated rings. The molecule has 6 nitrogen and oxygen atoms in total. The fraction of sp³-hybridized carbons (Fsp3) is 0.562. The van der Waals surface area contributed by atoms with Gasteiger partial charge < -0.3 is 14.7 Å². The van der Waals surface area contributed by atoms with Gasteiger partial charge in [-0.25, -0.2) is 4.98 Å². The van der Waals surface area contributed by atoms with Crippen molar-refractivity contribution in [2.75, 3.05) is 25.0 Å². The first kappa shape index (κ1) is 15.0. The maximum atomic E-state index is 5.40. The summed E-state index contributed by atoms with van der Waals surface area (Å²) >= 11 is 0. The fourth-order valence-corrected chi connectivity index (χ4v) is 2.70. The number of nitrogens with one attached hydrogen (secondary N) is 1. The van der Waals surface area contributed by atoms with Crippen molar-refractivity contribution >= 4 is 5.82 Å². The second-order valence-corrected chi connectivity index (χ2v) is 6.15. The highest BCUT2D eigenvalue weighted by Crippen LogP contribution is 2.25. The smallest absolute Gasteiger partial charge is 0.258 e. The minimum atomic E-state index is 0.324. The van der Waals surface area contributed by atoms with Crippen LogP contribution in [0.4, 0.5) is 5.82 Å². The molecule has 1 N–H and O–H groups in total. The van der Waals surface area contributed by atoms with Crippen LogP contribution < -0.4 is 10.2 Å². The van der Waals surface area contributed by atoms with Crippen LogP contribution in [0.25, 0.3) is 11.5 Å². The molecule has 3 heterocycles. The Hall–Kier alpha value is -1.95. The maximum Gasteiger partial charge on any atom is 0.258 e. The zero-order valence-electron chi connectivity index (χ0n) is 13.4. The number of hydrogen-bond acceptors (Lipinski definition) is 6. The van der Waals surface area contributed by atoms with E-state index >= 15 is 0 Å². The Morgan fingerprint density at radius 2 is 2.36 bits per heavy atom. The Balaban J connectivity index is 1.77. The van der Waals surface area contributed by atoms with Crippen molar-refractivity contribution in [2.24, 2.45) is 5.92 Å². The number of likely N-dealkylation sites (N-methyl/N-ethyl adjacent to an activating group) is 1. The Morgan fingerprint density at radius 1 is 1.50 bits per heavy atom. The summed E-state index contributed by atoms with van der Waals surface area (Å²) < 4.78 is 5.40. The molecular formula is C16H23N5O. The number of aromatic nitrogens is 3. The van der Waals surface area contributed by atoms with E-state index in [1.165, 1.54) is 6.42 Å². The van der Waals surface area contributed by atoms with E-state index in [-0.39, 0.29) is 0 Å². The van der Waals surface area contributed by atoms with Crippen molar-refractivity contribution < 1.29 is 4.52 Å². The zero-order valence-corrected chi connectivity index (χ0v) is 13.4. The van der Waals surface area contributed by atoms with Gasteiger partial charge in [-0.05, 0) is 38.4 Å². The summed E-state index contributed by atoms with van der Waals surface area (Å²) in [6, 6.07) is 4.28. The molecular weight excluding hydrogens is 278 g/mol. The first-order valence-electron chi connectivity index (χ1n) is 7.87. The largest absolute Gasteiger partial charge is 0.356 e. The highest BCUT2D eigenvalue weighted by Gasteiger charge is 2.20. The van der Waals surface area contributed by atoms with E-state index < -0.39 is 0 Å². The molecule has 0 amide bonds. The third-order valence-corrected chi connectivity index (χ3v) is 4.19. The standard InChI is InChI=1S/C16H23N5O/c1-11-5-7-21(10-11)15-9-13(4-6-18-15)16-19-14(20-22-16)8-12(2)17-3/h4,6,9,11-12,17H,5,7-8,10H2,1-3H3. The van der Waals surface area contributed by atoms with Gasteiger partial charge in [-0.2, -0.15) is 4.98 Å². The van der Waals surface area contributed by atoms with E-state index in [9.17, 15) is 0 Å². The first-order chi connectivity index (χ1) is 10.7. The van der Waals surface area contributed by atoms with Crippen molar-refractivity contribution in [3.63, 3.8) is 0 Å². The van der Waals surface area contributed by atoms with Gasteiger partial charge in [0.1, 0.15) is 5.82 Å². The molecule has 1 saturated heterocycles. The van der Waals surface area contributed by atoms with Crippen LogP contribution in [0.3, 0.4) is 0 Å². The molecule has 118 valence electrons. The second-order valence-electron chi connectivity index (χ2n) is 6.15. The molecule has 22 heavy (non-hydrogen) atoms. The highest BCUT2D eigenvalue weighted by molar-refractivity contribution is 5.58. The molecule has 6 heteroatoms. The molecule has 0 bridgehead atoms. The normalized spacial score (nSPS) is 19.6. The quantitative estimate of drug-likeness (QED) is 0.912. The summed E-state index contributed by atoms with van der Waals surface area (Å²) in [5, 5.41) is 7.23. The second kappa shape index (κ2) is 6.44. The molecule has 2 aromatic heterocycles. The van der Waals surface area contributed by atoms with Gasteiger partial charge in [0, 0.05) is 37.3 Å². The average molecular weight is 301 g/mol. The molecule has 0 spiro atoms. The number of hydrogen-bond donors (Lipinski definition) is 1. The maximum absolute atomic E-state index is 5.40. The summed E-state index contributed by atoms with van der Waals surface area (Å²) in [6.07, 6.45) is 3.79. The molecule has 0 radical (unpaired) electrons. The SMILES string of the molecule is CNC(C)Cc1noc(-c2ccnc(N3CCC(C)C3)c2)n1. The van der Waals surface area contributed by atoms with Crippen LogP contribution in [0.1, 0.15) is 26.1 Å². The van der Waals surface area contributed by atoms with Crippen molar-refractivity contribution in [3.8, 4) is 11.5 Å². The molecule has 0 aliphatic carbocycles. The number of anilines is 1. The van der Waals surface area contributed by atoms with E-state index in [0.717, 1.165) is 42.6 Å². The monoisotopic (exact) mass is 301 g/mol. The topological polar surface area (TPSA) is 67.1 Å². The number of pyridine rings is 1. The minimum Gasteiger partial charge on any atom is -0.356 e. The molecule has 2 atom stereocenters. The number of rotatable bonds is 5. The molecule has 2 unspecified atom stereocenters. The van der Waals surface area contributed by atoms with Gasteiger partial charge in [0.2, 0.25) is 0 Å². The molecule has 0 saturated carbocycles. The molecule has 3 rings (SSSR count). The van der Waals surface area contributed by atoms with Crippen molar-refractivity contribution in [2.45, 2.75) is 32.7 Å². The van der Waals surface area contributed by atoms with Crippen LogP contribution >= 0.6 is 0 Å². The van der Waals surface area contributed by atoms with E-state index in [4.69, 9.17) is 4.52 Å². The van der Waals surface area contributed by atoms with Gasteiger partial charge in [0.05, 0.1) is 0 Å². The van der Waals surface area contributed by atoms with Gasteiger partial charge >= 0.3 is 0 Å². The van der Waals surface area contributed by atoms with Gasteiger partial charge in [-0.15, -0.1) is 0 Å². The Bertz CT molecular complexity index is 627. The summed E-state index contributed by atoms with van der Waals surface area (Å²) in [5.41, 5.74) is 0.931. The third kappa shape index (κ3) is 3.27. The van der Waals surface area contributed by atoms with E-state index in [0.29, 0.717) is 11.9 Å². The lowest BCUT2D eigenvalue weighted by atomic mass is 10.2. The van der Waals surface area contributed by atoms with E-state index in [2.05, 4.69) is 39.2 Å². The molecule has 0 aromatic carbocycles. The summed E-state index contributed by atoms with van der Waals surface area (Å²) in [6.45, 7) is 6.49. The third-order valence-electron chi connectivity index (χ3n) is 4.19. The van der Waals surface area contributed by atoms with Gasteiger partial charge in [0.25, 0.3) is 5.89 Å². The summed E-state index contributed by atoms with van der Waals surface area (Å²) in [5.74, 6) is 3.01. The summed E-state index contributed by atoms with van der Waals surface area (Å²) in [7, 11) is 1.93. The average Bonchev–Trinajstić information content (AvgIpc) is 3.16. The minimum absolute atomic E-state index is 0.324. The fourth-order valence-electron chi connectivity index (χ4n) is 2.70. The van der Waals surface area contributed by atoms with Gasteiger partial charge in [-0.1, -0.05) is 12.1 Å². The molecule has 2 aromatic rings. The Morgan fingerprint density at radius 3 is 3.09 bits per heavy atom. The predicted molar refractivity (Wildman–Crippen MR) is 85.7 cm³/mol. The predicted octanol–water partition coefficient (Wildman–Crippen LogP) is 2.13. The Labute approximate surface area is 130 Å². The van der Waals surface area contributed by atoms with Gasteiger partial charge in [0.15, 0.2) is 5.82 Å². The lowest BCUT2D eigenvalue weighted by Crippen LogP contribution is -2.24. The summed E-state index contributed by atoms with van der Waals surface area (Å²) in [4.78, 5) is 11.3. The zero-order chi connectivity index (χ0) is 15.5. The highest BCUT2D eigenvalue weighted by atomic mass is 16.5. The van der Waals surface area contributed by atoms with E-state index in [1.807, 2.05) is 25.4 Å². The Kier molecular flexibility index (Phi) is 4.38. The van der Waals surface area contributed by atoms with E-state index in [1.54, 1.807) is 0 Å². The van der Waals surface area contributed by atoms with Gasteiger partial charge in [-0.3, -0.25) is 0 Å².